The first kappa shape index (κ1) is 17.0. The molecule has 1 aromatic carbocycles. The number of hydrogen-bond acceptors (Lipinski definition) is 4. The number of allylic oxidation sites excluding steroid dienone is 1. The molecule has 1 amide bonds. The van der Waals surface area contributed by atoms with Crippen LogP contribution in [-0.2, 0) is 11.2 Å². The van der Waals surface area contributed by atoms with E-state index in [0.717, 1.165) is 27.4 Å². The maximum absolute atomic E-state index is 12.0. The predicted molar refractivity (Wildman–Crippen MR) is 102 cm³/mol. The van der Waals surface area contributed by atoms with Gasteiger partial charge in [0.25, 0.3) is 0 Å². The second-order valence-electron chi connectivity index (χ2n) is 5.62. The van der Waals surface area contributed by atoms with Gasteiger partial charge in [-0.1, -0.05) is 30.3 Å². The minimum Gasteiger partial charge on any atom is -0.352 e. The number of hydrogen-bond donors (Lipinski definition) is 1. The van der Waals surface area contributed by atoms with Gasteiger partial charge in [-0.15, -0.1) is 11.3 Å². The molecule has 1 N–H and O–H groups in total. The Bertz CT molecular complexity index is 857. The number of amides is 1. The largest absolute Gasteiger partial charge is 0.352 e. The lowest BCUT2D eigenvalue weighted by Crippen LogP contribution is -2.23. The average molecular weight is 349 g/mol. The molecule has 0 bridgehead atoms. The molecular weight excluding hydrogens is 330 g/mol. The van der Waals surface area contributed by atoms with Crippen molar-refractivity contribution >= 4 is 22.8 Å². The number of rotatable bonds is 6. The zero-order chi connectivity index (χ0) is 17.5. The van der Waals surface area contributed by atoms with Crippen LogP contribution >= 0.6 is 11.3 Å². The molecule has 0 saturated heterocycles. The smallest absolute Gasteiger partial charge is 0.244 e. The Morgan fingerprint density at radius 3 is 2.80 bits per heavy atom. The zero-order valence-corrected chi connectivity index (χ0v) is 14.8. The predicted octanol–water partition coefficient (Wildman–Crippen LogP) is 3.97. The molecule has 0 fully saturated rings. The summed E-state index contributed by atoms with van der Waals surface area (Å²) in [4.78, 5) is 20.7. The maximum atomic E-state index is 12.0. The number of carbonyl (C=O) groups excluding carboxylic acids is 1. The molecule has 3 aromatic rings. The van der Waals surface area contributed by atoms with Crippen molar-refractivity contribution in [1.82, 2.24) is 15.3 Å². The summed E-state index contributed by atoms with van der Waals surface area (Å²) in [5.74, 6) is -0.0796. The molecule has 0 unspecified atom stereocenters. The Balaban J connectivity index is 1.51. The van der Waals surface area contributed by atoms with Crippen molar-refractivity contribution in [3.8, 4) is 10.6 Å². The van der Waals surface area contributed by atoms with E-state index >= 15 is 0 Å². The fraction of sp³-hybridized carbons (Fsp3) is 0.150. The third-order valence-electron chi connectivity index (χ3n) is 3.72. The van der Waals surface area contributed by atoms with Gasteiger partial charge in [-0.05, 0) is 30.2 Å². The van der Waals surface area contributed by atoms with E-state index in [-0.39, 0.29) is 5.91 Å². The molecule has 2 aromatic heterocycles. The number of aromatic nitrogens is 2. The molecule has 0 atom stereocenters. The first-order valence-electron chi connectivity index (χ1n) is 8.09. The van der Waals surface area contributed by atoms with Crippen LogP contribution in [-0.4, -0.2) is 22.4 Å². The molecule has 0 aliphatic rings. The molecule has 25 heavy (non-hydrogen) atoms. The molecular formula is C20H19N3OS. The molecule has 3 rings (SSSR count). The van der Waals surface area contributed by atoms with Crippen LogP contribution in [0.2, 0.25) is 0 Å². The van der Waals surface area contributed by atoms with E-state index in [1.807, 2.05) is 61.0 Å². The highest BCUT2D eigenvalue weighted by Gasteiger charge is 2.05. The number of nitrogens with one attached hydrogen (secondary N) is 1. The zero-order valence-electron chi connectivity index (χ0n) is 14.0. The lowest BCUT2D eigenvalue weighted by molar-refractivity contribution is -0.116. The lowest BCUT2D eigenvalue weighted by Gasteiger charge is -2.03. The Morgan fingerprint density at radius 2 is 2.04 bits per heavy atom. The normalized spacial score (nSPS) is 11.3. The molecule has 4 nitrogen and oxygen atoms in total. The van der Waals surface area contributed by atoms with E-state index in [4.69, 9.17) is 0 Å². The molecule has 126 valence electrons. The van der Waals surface area contributed by atoms with Gasteiger partial charge in [0.05, 0.1) is 5.69 Å². The van der Waals surface area contributed by atoms with Crippen molar-refractivity contribution < 1.29 is 4.79 Å². The highest BCUT2D eigenvalue weighted by Crippen LogP contribution is 2.22. The van der Waals surface area contributed by atoms with E-state index in [0.29, 0.717) is 13.0 Å². The minimum atomic E-state index is -0.0796. The van der Waals surface area contributed by atoms with E-state index in [1.165, 1.54) is 0 Å². The first-order chi connectivity index (χ1) is 12.2. The lowest BCUT2D eigenvalue weighted by atomic mass is 10.1. The van der Waals surface area contributed by atoms with Gasteiger partial charge in [0, 0.05) is 42.4 Å². The highest BCUT2D eigenvalue weighted by atomic mass is 32.1. The summed E-state index contributed by atoms with van der Waals surface area (Å²) in [7, 11) is 0. The van der Waals surface area contributed by atoms with E-state index in [9.17, 15) is 4.79 Å². The summed E-state index contributed by atoms with van der Waals surface area (Å²) in [6, 6.07) is 13.8. The summed E-state index contributed by atoms with van der Waals surface area (Å²) in [5, 5.41) is 5.90. The maximum Gasteiger partial charge on any atom is 0.244 e. The van der Waals surface area contributed by atoms with Crippen LogP contribution in [0, 0.1) is 0 Å². The third-order valence-corrected chi connectivity index (χ3v) is 4.66. The van der Waals surface area contributed by atoms with Gasteiger partial charge in [-0.3, -0.25) is 9.78 Å². The van der Waals surface area contributed by atoms with Crippen LogP contribution in [0.25, 0.3) is 16.1 Å². The Hall–Kier alpha value is -2.79. The van der Waals surface area contributed by atoms with Gasteiger partial charge in [0.15, 0.2) is 0 Å². The molecule has 0 aliphatic carbocycles. The van der Waals surface area contributed by atoms with Crippen molar-refractivity contribution in [2.75, 3.05) is 6.54 Å². The summed E-state index contributed by atoms with van der Waals surface area (Å²) >= 11 is 1.59. The summed E-state index contributed by atoms with van der Waals surface area (Å²) in [6.45, 7) is 2.50. The fourth-order valence-electron chi connectivity index (χ4n) is 2.39. The van der Waals surface area contributed by atoms with Crippen LogP contribution in [0.4, 0.5) is 0 Å². The minimum absolute atomic E-state index is 0.0796. The Labute approximate surface area is 151 Å². The standard InChI is InChI=1S/C20H19N3OS/c1-15(16-6-3-2-4-7-16)12-19(24)22-11-9-18-14-25-20(23-18)17-8-5-10-21-13-17/h2-8,10,12-14H,9,11H2,1H3,(H,22,24)/b15-12+. The fourth-order valence-corrected chi connectivity index (χ4v) is 3.23. The molecule has 0 spiro atoms. The number of pyridine rings is 1. The van der Waals surface area contributed by atoms with Gasteiger partial charge < -0.3 is 5.32 Å². The number of nitrogens with zero attached hydrogens (tertiary/aromatic N) is 2. The topological polar surface area (TPSA) is 54.9 Å². The molecule has 0 aliphatic heterocycles. The van der Waals surface area contributed by atoms with E-state index in [2.05, 4.69) is 15.3 Å². The summed E-state index contributed by atoms with van der Waals surface area (Å²) in [5.41, 5.74) is 4.00. The molecule has 0 radical (unpaired) electrons. The van der Waals surface area contributed by atoms with E-state index in [1.54, 1.807) is 23.6 Å². The SMILES string of the molecule is C/C(=C\C(=O)NCCc1csc(-c2cccnc2)n1)c1ccccc1. The Morgan fingerprint density at radius 1 is 1.20 bits per heavy atom. The van der Waals surface area contributed by atoms with Gasteiger partial charge >= 0.3 is 0 Å². The van der Waals surface area contributed by atoms with Gasteiger partial charge in [0.1, 0.15) is 5.01 Å². The van der Waals surface area contributed by atoms with Gasteiger partial charge in [-0.25, -0.2) is 4.98 Å². The van der Waals surface area contributed by atoms with Crippen molar-refractivity contribution in [2.45, 2.75) is 13.3 Å². The van der Waals surface area contributed by atoms with Crippen LogP contribution in [0.3, 0.4) is 0 Å². The van der Waals surface area contributed by atoms with Gasteiger partial charge in [-0.2, -0.15) is 0 Å². The molecule has 5 heteroatoms. The number of carbonyl (C=O) groups is 1. The van der Waals surface area contributed by atoms with Gasteiger partial charge in [0.2, 0.25) is 5.91 Å². The van der Waals surface area contributed by atoms with Crippen LogP contribution < -0.4 is 5.32 Å². The second-order valence-corrected chi connectivity index (χ2v) is 6.48. The molecule has 0 saturated carbocycles. The number of benzene rings is 1. The second kappa shape index (κ2) is 8.35. The van der Waals surface area contributed by atoms with Crippen LogP contribution in [0.5, 0.6) is 0 Å². The molecule has 2 heterocycles. The van der Waals surface area contributed by atoms with E-state index < -0.39 is 0 Å². The first-order valence-corrected chi connectivity index (χ1v) is 8.97. The highest BCUT2D eigenvalue weighted by molar-refractivity contribution is 7.13. The quantitative estimate of drug-likeness (QED) is 0.685. The van der Waals surface area contributed by atoms with Crippen molar-refractivity contribution in [2.24, 2.45) is 0 Å². The average Bonchev–Trinajstić information content (AvgIpc) is 3.12. The van der Waals surface area contributed by atoms with Crippen molar-refractivity contribution in [1.29, 1.82) is 0 Å². The summed E-state index contributed by atoms with van der Waals surface area (Å²) in [6.07, 6.45) is 5.90. The van der Waals surface area contributed by atoms with Crippen LogP contribution in [0.15, 0.2) is 66.3 Å². The monoisotopic (exact) mass is 349 g/mol. The van der Waals surface area contributed by atoms with Crippen LogP contribution in [0.1, 0.15) is 18.2 Å². The summed E-state index contributed by atoms with van der Waals surface area (Å²) < 4.78 is 0. The van der Waals surface area contributed by atoms with Crippen molar-refractivity contribution in [3.63, 3.8) is 0 Å². The third kappa shape index (κ3) is 4.84. The Kier molecular flexibility index (Phi) is 5.69. The number of thiazole rings is 1. The van der Waals surface area contributed by atoms with Crippen molar-refractivity contribution in [3.05, 3.63) is 77.6 Å².